The number of ether oxygens (including phenoxy) is 1. The van der Waals surface area contributed by atoms with Crippen LogP contribution in [0.1, 0.15) is 78.0 Å². The van der Waals surface area contributed by atoms with Crippen LogP contribution in [0.4, 0.5) is 0 Å². The number of aromatic nitrogens is 1. The van der Waals surface area contributed by atoms with Crippen molar-refractivity contribution < 1.29 is 19.4 Å². The van der Waals surface area contributed by atoms with E-state index in [-0.39, 0.29) is 17.7 Å². The summed E-state index contributed by atoms with van der Waals surface area (Å²) in [6.07, 6.45) is 2.72. The van der Waals surface area contributed by atoms with Crippen LogP contribution in [0.3, 0.4) is 0 Å². The molecule has 2 aromatic carbocycles. The SMILES string of the molecule is CC(C)[Si](Oc1ccc2c(c1)OC(C)(C)[C@@H]1C2=CCc2c1c(O)n(-c1ccccc1)c2O)(C(C)C)C(C)C. The van der Waals surface area contributed by atoms with E-state index in [9.17, 15) is 10.2 Å². The zero-order valence-corrected chi connectivity index (χ0v) is 24.9. The van der Waals surface area contributed by atoms with Gasteiger partial charge < -0.3 is 19.4 Å². The smallest absolute Gasteiger partial charge is 0.258 e. The number of hydrogen-bond donors (Lipinski definition) is 2. The van der Waals surface area contributed by atoms with Crippen molar-refractivity contribution in [1.29, 1.82) is 0 Å². The molecule has 6 heteroatoms. The molecular formula is C32H41NO4Si. The molecule has 0 bridgehead atoms. The molecule has 0 unspecified atom stereocenters. The van der Waals surface area contributed by atoms with E-state index in [1.807, 2.05) is 30.3 Å². The van der Waals surface area contributed by atoms with Crippen molar-refractivity contribution >= 4 is 13.9 Å². The molecular weight excluding hydrogens is 490 g/mol. The van der Waals surface area contributed by atoms with Gasteiger partial charge in [0.1, 0.15) is 17.1 Å². The minimum Gasteiger partial charge on any atom is -0.543 e. The molecule has 0 saturated heterocycles. The van der Waals surface area contributed by atoms with Gasteiger partial charge in [0.25, 0.3) is 8.32 Å². The third-order valence-corrected chi connectivity index (χ3v) is 14.7. The Morgan fingerprint density at radius 3 is 2.16 bits per heavy atom. The predicted octanol–water partition coefficient (Wildman–Crippen LogP) is 8.34. The maximum Gasteiger partial charge on any atom is 0.258 e. The molecule has 0 fully saturated rings. The molecule has 0 amide bonds. The average molecular weight is 532 g/mol. The summed E-state index contributed by atoms with van der Waals surface area (Å²) in [7, 11) is -2.11. The number of para-hydroxylation sites is 1. The van der Waals surface area contributed by atoms with Crippen LogP contribution in [0.5, 0.6) is 23.3 Å². The monoisotopic (exact) mass is 531 g/mol. The lowest BCUT2D eigenvalue weighted by atomic mass is 9.70. The quantitative estimate of drug-likeness (QED) is 0.314. The number of hydrogen-bond acceptors (Lipinski definition) is 4. The normalized spacial score (nSPS) is 18.1. The molecule has 2 N–H and O–H groups in total. The fourth-order valence-corrected chi connectivity index (χ4v) is 12.4. The highest BCUT2D eigenvalue weighted by Crippen LogP contribution is 2.57. The van der Waals surface area contributed by atoms with Crippen molar-refractivity contribution in [3.8, 4) is 28.9 Å². The summed E-state index contributed by atoms with van der Waals surface area (Å²) in [4.78, 5) is 0. The second-order valence-electron chi connectivity index (χ2n) is 12.3. The molecule has 3 aromatic rings. The molecule has 1 aromatic heterocycles. The highest BCUT2D eigenvalue weighted by atomic mass is 28.4. The van der Waals surface area contributed by atoms with Crippen LogP contribution in [-0.2, 0) is 6.42 Å². The molecule has 38 heavy (non-hydrogen) atoms. The third kappa shape index (κ3) is 3.87. The first-order valence-corrected chi connectivity index (χ1v) is 16.0. The molecule has 0 spiro atoms. The topological polar surface area (TPSA) is 63.8 Å². The van der Waals surface area contributed by atoms with Crippen molar-refractivity contribution in [2.24, 2.45) is 0 Å². The van der Waals surface area contributed by atoms with Crippen LogP contribution < -0.4 is 9.16 Å². The van der Waals surface area contributed by atoms with Gasteiger partial charge in [0.05, 0.1) is 11.6 Å². The van der Waals surface area contributed by atoms with E-state index in [1.54, 1.807) is 0 Å². The van der Waals surface area contributed by atoms with Crippen LogP contribution in [-0.4, -0.2) is 28.7 Å². The Hall–Kier alpha value is -3.12. The number of aromatic hydroxyl groups is 2. The molecule has 1 aliphatic carbocycles. The Bertz CT molecular complexity index is 1360. The van der Waals surface area contributed by atoms with Crippen LogP contribution in [0, 0.1) is 0 Å². The Kier molecular flexibility index (Phi) is 6.45. The van der Waals surface area contributed by atoms with E-state index in [4.69, 9.17) is 9.16 Å². The van der Waals surface area contributed by atoms with Crippen molar-refractivity contribution in [3.63, 3.8) is 0 Å². The van der Waals surface area contributed by atoms with Crippen molar-refractivity contribution in [1.82, 2.24) is 4.57 Å². The summed E-state index contributed by atoms with van der Waals surface area (Å²) in [5, 5.41) is 22.6. The molecule has 1 atom stereocenters. The lowest BCUT2D eigenvalue weighted by Crippen LogP contribution is -2.50. The highest BCUT2D eigenvalue weighted by Gasteiger charge is 2.49. The van der Waals surface area contributed by atoms with E-state index in [1.165, 1.54) is 4.57 Å². The molecule has 1 aliphatic heterocycles. The first-order valence-electron chi connectivity index (χ1n) is 13.8. The van der Waals surface area contributed by atoms with Gasteiger partial charge in [-0.3, -0.25) is 4.57 Å². The summed E-state index contributed by atoms with van der Waals surface area (Å²) in [5.74, 6) is 1.61. The standard InChI is InChI=1S/C32H41NO4Si/c1-19(2)38(20(3)4,21(5)6)37-23-14-15-24-25-16-17-26-28(29(25)32(7,8)36-27(24)18-23)31(35)33(30(26)34)22-12-10-9-11-13-22/h9-16,18-21,29,34-35H,17H2,1-8H3/t29-/m1/s1. The number of allylic oxidation sites excluding steroid dienone is 1. The Morgan fingerprint density at radius 2 is 1.55 bits per heavy atom. The molecule has 0 radical (unpaired) electrons. The van der Waals surface area contributed by atoms with Gasteiger partial charge in [-0.15, -0.1) is 0 Å². The van der Waals surface area contributed by atoms with E-state index in [0.717, 1.165) is 39.4 Å². The van der Waals surface area contributed by atoms with Crippen molar-refractivity contribution in [3.05, 3.63) is 71.3 Å². The number of rotatable bonds is 6. The van der Waals surface area contributed by atoms with Crippen LogP contribution in [0.15, 0.2) is 54.6 Å². The van der Waals surface area contributed by atoms with Crippen molar-refractivity contribution in [2.45, 2.75) is 90.0 Å². The molecule has 202 valence electrons. The number of nitrogens with zero attached hydrogens (tertiary/aromatic N) is 1. The molecule has 0 saturated carbocycles. The summed E-state index contributed by atoms with van der Waals surface area (Å²) in [6.45, 7) is 17.9. The first-order chi connectivity index (χ1) is 17.9. The largest absolute Gasteiger partial charge is 0.543 e. The van der Waals surface area contributed by atoms with Gasteiger partial charge in [-0.05, 0) is 66.7 Å². The maximum absolute atomic E-state index is 11.5. The maximum atomic E-state index is 11.5. The van der Waals surface area contributed by atoms with Gasteiger partial charge in [-0.2, -0.15) is 0 Å². The number of benzene rings is 2. The van der Waals surface area contributed by atoms with E-state index < -0.39 is 13.9 Å². The highest BCUT2D eigenvalue weighted by molar-refractivity contribution is 6.78. The van der Waals surface area contributed by atoms with Crippen LogP contribution >= 0.6 is 0 Å². The zero-order chi connectivity index (χ0) is 27.6. The van der Waals surface area contributed by atoms with Gasteiger partial charge in [0, 0.05) is 22.8 Å². The second-order valence-corrected chi connectivity index (χ2v) is 17.7. The second kappa shape index (κ2) is 9.26. The minimum absolute atomic E-state index is 0.0703. The van der Waals surface area contributed by atoms with Crippen molar-refractivity contribution in [2.75, 3.05) is 0 Å². The zero-order valence-electron chi connectivity index (χ0n) is 23.9. The fraction of sp³-hybridized carbons (Fsp3) is 0.438. The Morgan fingerprint density at radius 1 is 0.921 bits per heavy atom. The Labute approximate surface area is 227 Å². The van der Waals surface area contributed by atoms with Crippen LogP contribution in [0.25, 0.3) is 11.3 Å². The van der Waals surface area contributed by atoms with E-state index >= 15 is 0 Å². The minimum atomic E-state index is -2.11. The fourth-order valence-electron chi connectivity index (χ4n) is 7.20. The molecule has 5 rings (SSSR count). The molecule has 5 nitrogen and oxygen atoms in total. The van der Waals surface area contributed by atoms with Gasteiger partial charge >= 0.3 is 0 Å². The first kappa shape index (κ1) is 26.5. The summed E-state index contributed by atoms with van der Waals surface area (Å²) in [6, 6.07) is 15.7. The lowest BCUT2D eigenvalue weighted by molar-refractivity contribution is 0.0863. The summed E-state index contributed by atoms with van der Waals surface area (Å²) in [5.41, 5.74) is 5.13. The van der Waals surface area contributed by atoms with Crippen LogP contribution in [0.2, 0.25) is 16.6 Å². The number of fused-ring (bicyclic) bond motifs is 5. The summed E-state index contributed by atoms with van der Waals surface area (Å²) >= 11 is 0. The molecule has 2 heterocycles. The molecule has 2 aliphatic rings. The predicted molar refractivity (Wildman–Crippen MR) is 156 cm³/mol. The summed E-state index contributed by atoms with van der Waals surface area (Å²) < 4.78 is 15.2. The van der Waals surface area contributed by atoms with Gasteiger partial charge in [0.2, 0.25) is 11.8 Å². The van der Waals surface area contributed by atoms with Gasteiger partial charge in [-0.25, -0.2) is 0 Å². The van der Waals surface area contributed by atoms with Gasteiger partial charge in [-0.1, -0.05) is 65.8 Å². The van der Waals surface area contributed by atoms with E-state index in [2.05, 4.69) is 79.7 Å². The van der Waals surface area contributed by atoms with E-state index in [0.29, 0.717) is 23.0 Å². The van der Waals surface area contributed by atoms with Gasteiger partial charge in [0.15, 0.2) is 0 Å². The Balaban J connectivity index is 1.58. The average Bonchev–Trinajstić information content (AvgIpc) is 3.11. The third-order valence-electron chi connectivity index (χ3n) is 8.73. The lowest BCUT2D eigenvalue weighted by Gasteiger charge is -2.44.